The Bertz CT molecular complexity index is 644. The van der Waals surface area contributed by atoms with Crippen molar-refractivity contribution in [3.8, 4) is 0 Å². The van der Waals surface area contributed by atoms with Crippen LogP contribution in [0.1, 0.15) is 34.7 Å². The van der Waals surface area contributed by atoms with Gasteiger partial charge in [-0.3, -0.25) is 4.79 Å². The van der Waals surface area contributed by atoms with Gasteiger partial charge in [0.2, 0.25) is 0 Å². The first-order chi connectivity index (χ1) is 9.47. The SMILES string of the molecule is Cc1cccc(C(=O)NC(C)c2ccc(F)c(F)c2)n1. The van der Waals surface area contributed by atoms with Crippen molar-refractivity contribution in [1.82, 2.24) is 10.3 Å². The van der Waals surface area contributed by atoms with E-state index in [0.29, 0.717) is 11.3 Å². The molecule has 20 heavy (non-hydrogen) atoms. The maximum atomic E-state index is 13.2. The number of nitrogens with one attached hydrogen (secondary N) is 1. The molecule has 0 aliphatic heterocycles. The fraction of sp³-hybridized carbons (Fsp3) is 0.200. The molecule has 3 nitrogen and oxygen atoms in total. The molecular formula is C15H14F2N2O. The topological polar surface area (TPSA) is 42.0 Å². The summed E-state index contributed by atoms with van der Waals surface area (Å²) >= 11 is 0. The van der Waals surface area contributed by atoms with E-state index in [1.165, 1.54) is 6.07 Å². The van der Waals surface area contributed by atoms with Gasteiger partial charge in [-0.1, -0.05) is 12.1 Å². The molecule has 1 N–H and O–H groups in total. The van der Waals surface area contributed by atoms with Gasteiger partial charge in [-0.2, -0.15) is 0 Å². The van der Waals surface area contributed by atoms with Crippen LogP contribution in [-0.4, -0.2) is 10.9 Å². The predicted octanol–water partition coefficient (Wildman–Crippen LogP) is 3.16. The lowest BCUT2D eigenvalue weighted by Gasteiger charge is -2.14. The number of pyridine rings is 1. The van der Waals surface area contributed by atoms with E-state index in [-0.39, 0.29) is 5.91 Å². The second-order valence-corrected chi connectivity index (χ2v) is 4.53. The molecule has 0 bridgehead atoms. The quantitative estimate of drug-likeness (QED) is 0.935. The van der Waals surface area contributed by atoms with E-state index in [1.54, 1.807) is 32.0 Å². The summed E-state index contributed by atoms with van der Waals surface area (Å²) in [6, 6.07) is 8.23. The van der Waals surface area contributed by atoms with Gasteiger partial charge in [-0.25, -0.2) is 13.8 Å². The molecule has 0 saturated carbocycles. The highest BCUT2D eigenvalue weighted by Crippen LogP contribution is 2.16. The zero-order valence-corrected chi connectivity index (χ0v) is 11.2. The number of nitrogens with zero attached hydrogens (tertiary/aromatic N) is 1. The highest BCUT2D eigenvalue weighted by Gasteiger charge is 2.14. The molecule has 0 radical (unpaired) electrons. The van der Waals surface area contributed by atoms with E-state index in [4.69, 9.17) is 0 Å². The van der Waals surface area contributed by atoms with Gasteiger partial charge in [0.15, 0.2) is 11.6 Å². The van der Waals surface area contributed by atoms with Gasteiger partial charge in [0, 0.05) is 5.69 Å². The first-order valence-corrected chi connectivity index (χ1v) is 6.17. The normalized spacial score (nSPS) is 12.0. The third-order valence-corrected chi connectivity index (χ3v) is 2.91. The zero-order chi connectivity index (χ0) is 14.7. The minimum Gasteiger partial charge on any atom is -0.344 e. The largest absolute Gasteiger partial charge is 0.344 e. The molecule has 0 saturated heterocycles. The Morgan fingerprint density at radius 2 is 1.95 bits per heavy atom. The van der Waals surface area contributed by atoms with E-state index < -0.39 is 17.7 Å². The number of halogens is 2. The smallest absolute Gasteiger partial charge is 0.270 e. The van der Waals surface area contributed by atoms with Gasteiger partial charge >= 0.3 is 0 Å². The van der Waals surface area contributed by atoms with E-state index in [2.05, 4.69) is 10.3 Å². The number of amides is 1. The second kappa shape index (κ2) is 5.77. The van der Waals surface area contributed by atoms with Crippen LogP contribution in [0.3, 0.4) is 0 Å². The molecule has 1 heterocycles. The minimum atomic E-state index is -0.933. The van der Waals surface area contributed by atoms with Crippen molar-refractivity contribution in [2.75, 3.05) is 0 Å². The lowest BCUT2D eigenvalue weighted by Crippen LogP contribution is -2.27. The summed E-state index contributed by atoms with van der Waals surface area (Å²) in [5, 5.41) is 2.70. The molecule has 2 aromatic rings. The molecule has 0 aliphatic carbocycles. The van der Waals surface area contributed by atoms with Crippen LogP contribution in [0.25, 0.3) is 0 Å². The van der Waals surface area contributed by atoms with Crippen LogP contribution in [-0.2, 0) is 0 Å². The van der Waals surface area contributed by atoms with Crippen molar-refractivity contribution in [2.45, 2.75) is 19.9 Å². The van der Waals surface area contributed by atoms with Gasteiger partial charge in [0.05, 0.1) is 6.04 Å². The zero-order valence-electron chi connectivity index (χ0n) is 11.2. The molecule has 0 aliphatic rings. The standard InChI is InChI=1S/C15H14F2N2O/c1-9-4-3-5-14(18-9)15(20)19-10(2)11-6-7-12(16)13(17)8-11/h3-8,10H,1-2H3,(H,19,20). The van der Waals surface area contributed by atoms with Gasteiger partial charge in [-0.05, 0) is 43.7 Å². The van der Waals surface area contributed by atoms with Crippen molar-refractivity contribution in [3.05, 3.63) is 65.0 Å². The Kier molecular flexibility index (Phi) is 4.08. The van der Waals surface area contributed by atoms with Crippen molar-refractivity contribution in [2.24, 2.45) is 0 Å². The molecule has 1 aromatic carbocycles. The summed E-state index contributed by atoms with van der Waals surface area (Å²) < 4.78 is 26.0. The van der Waals surface area contributed by atoms with Gasteiger partial charge in [0.1, 0.15) is 5.69 Å². The molecule has 104 valence electrons. The predicted molar refractivity (Wildman–Crippen MR) is 71.2 cm³/mol. The molecule has 2 rings (SSSR count). The average molecular weight is 276 g/mol. The van der Waals surface area contributed by atoms with E-state index in [1.807, 2.05) is 0 Å². The van der Waals surface area contributed by atoms with Gasteiger partial charge in [0.25, 0.3) is 5.91 Å². The lowest BCUT2D eigenvalue weighted by molar-refractivity contribution is 0.0934. The Morgan fingerprint density at radius 3 is 2.60 bits per heavy atom. The van der Waals surface area contributed by atoms with Gasteiger partial charge < -0.3 is 5.32 Å². The number of aromatic nitrogens is 1. The van der Waals surface area contributed by atoms with Crippen LogP contribution >= 0.6 is 0 Å². The molecule has 1 aromatic heterocycles. The fourth-order valence-corrected chi connectivity index (χ4v) is 1.81. The maximum absolute atomic E-state index is 13.2. The van der Waals surface area contributed by atoms with Crippen LogP contribution in [0.5, 0.6) is 0 Å². The number of rotatable bonds is 3. The molecule has 1 amide bonds. The van der Waals surface area contributed by atoms with Crippen LogP contribution in [0.2, 0.25) is 0 Å². The van der Waals surface area contributed by atoms with E-state index in [0.717, 1.165) is 17.8 Å². The van der Waals surface area contributed by atoms with Crippen LogP contribution in [0, 0.1) is 18.6 Å². The fourth-order valence-electron chi connectivity index (χ4n) is 1.81. The van der Waals surface area contributed by atoms with Crippen molar-refractivity contribution >= 4 is 5.91 Å². The Morgan fingerprint density at radius 1 is 1.20 bits per heavy atom. The highest BCUT2D eigenvalue weighted by atomic mass is 19.2. The Balaban J connectivity index is 2.13. The second-order valence-electron chi connectivity index (χ2n) is 4.53. The summed E-state index contributed by atoms with van der Waals surface area (Å²) in [6.45, 7) is 3.48. The Labute approximate surface area is 115 Å². The number of carbonyl (C=O) groups is 1. The molecule has 1 atom stereocenters. The molecule has 0 spiro atoms. The summed E-state index contributed by atoms with van der Waals surface area (Å²) in [6.07, 6.45) is 0. The number of carbonyl (C=O) groups excluding carboxylic acids is 1. The van der Waals surface area contributed by atoms with Crippen molar-refractivity contribution in [3.63, 3.8) is 0 Å². The first-order valence-electron chi connectivity index (χ1n) is 6.17. The van der Waals surface area contributed by atoms with Crippen molar-refractivity contribution in [1.29, 1.82) is 0 Å². The van der Waals surface area contributed by atoms with Gasteiger partial charge in [-0.15, -0.1) is 0 Å². The number of aryl methyl sites for hydroxylation is 1. The third-order valence-electron chi connectivity index (χ3n) is 2.91. The van der Waals surface area contributed by atoms with E-state index >= 15 is 0 Å². The Hall–Kier alpha value is -2.30. The van der Waals surface area contributed by atoms with Crippen LogP contribution in [0.4, 0.5) is 8.78 Å². The monoisotopic (exact) mass is 276 g/mol. The molecule has 0 fully saturated rings. The first kappa shape index (κ1) is 14.1. The summed E-state index contributed by atoms with van der Waals surface area (Å²) in [4.78, 5) is 16.1. The average Bonchev–Trinajstić information content (AvgIpc) is 2.41. The number of benzene rings is 1. The molecule has 1 unspecified atom stereocenters. The number of hydrogen-bond acceptors (Lipinski definition) is 2. The van der Waals surface area contributed by atoms with Crippen molar-refractivity contribution < 1.29 is 13.6 Å². The van der Waals surface area contributed by atoms with Crippen LogP contribution < -0.4 is 5.32 Å². The number of hydrogen-bond donors (Lipinski definition) is 1. The third kappa shape index (κ3) is 3.17. The maximum Gasteiger partial charge on any atom is 0.270 e. The molecular weight excluding hydrogens is 262 g/mol. The van der Waals surface area contributed by atoms with Crippen LogP contribution in [0.15, 0.2) is 36.4 Å². The summed E-state index contributed by atoms with van der Waals surface area (Å²) in [5.41, 5.74) is 1.52. The summed E-state index contributed by atoms with van der Waals surface area (Å²) in [7, 11) is 0. The minimum absolute atomic E-state index is 0.291. The van der Waals surface area contributed by atoms with E-state index in [9.17, 15) is 13.6 Å². The summed E-state index contributed by atoms with van der Waals surface area (Å²) in [5.74, 6) is -2.20. The molecule has 5 heteroatoms. The highest BCUT2D eigenvalue weighted by molar-refractivity contribution is 5.92. The lowest BCUT2D eigenvalue weighted by atomic mass is 10.1.